The number of carbonyl (C=O) groups is 2. The van der Waals surface area contributed by atoms with Gasteiger partial charge in [0.25, 0.3) is 5.91 Å². The monoisotopic (exact) mass is 621 g/mol. The van der Waals surface area contributed by atoms with Crippen LogP contribution in [0.4, 0.5) is 18.9 Å². The molecule has 0 spiro atoms. The van der Waals surface area contributed by atoms with Gasteiger partial charge in [-0.1, -0.05) is 37.3 Å². The molecule has 3 rings (SSSR count). The van der Waals surface area contributed by atoms with E-state index in [1.54, 1.807) is 17.9 Å². The topological polar surface area (TPSA) is 91.3 Å². The third-order valence-electron chi connectivity index (χ3n) is 7.76. The zero-order chi connectivity index (χ0) is 32.3. The van der Waals surface area contributed by atoms with Crippen molar-refractivity contribution in [3.8, 4) is 5.75 Å². The third-order valence-corrected chi connectivity index (χ3v) is 7.76. The average molecular weight is 622 g/mol. The summed E-state index contributed by atoms with van der Waals surface area (Å²) in [5.41, 5.74) is 1.53. The van der Waals surface area contributed by atoms with E-state index in [9.17, 15) is 27.9 Å². The molecule has 4 atom stereocenters. The Hall–Kier alpha value is -3.15. The van der Waals surface area contributed by atoms with E-state index in [2.05, 4.69) is 22.3 Å². The molecule has 1 aliphatic heterocycles. The molecule has 0 aliphatic carbocycles. The number of nitrogens with zero attached hydrogens (tertiary/aromatic N) is 2. The molecule has 2 aromatic rings. The first-order valence-corrected chi connectivity index (χ1v) is 15.3. The molecule has 0 saturated heterocycles. The minimum Gasteiger partial charge on any atom is -0.490 e. The van der Waals surface area contributed by atoms with E-state index in [0.717, 1.165) is 25.8 Å². The Kier molecular flexibility index (Phi) is 13.5. The number of halogens is 3. The Balaban J connectivity index is 1.89. The van der Waals surface area contributed by atoms with Gasteiger partial charge in [-0.2, -0.15) is 13.2 Å². The summed E-state index contributed by atoms with van der Waals surface area (Å²) < 4.78 is 50.5. The Labute approximate surface area is 258 Å². The maximum absolute atomic E-state index is 14.1. The number of fused-ring (bicyclic) bond motifs is 1. The highest BCUT2D eigenvalue weighted by atomic mass is 19.4. The summed E-state index contributed by atoms with van der Waals surface area (Å²) in [6.07, 6.45) is -4.44. The number of carbonyl (C=O) groups excluding carboxylic acids is 2. The predicted molar refractivity (Wildman–Crippen MR) is 164 cm³/mol. The quantitative estimate of drug-likeness (QED) is 0.363. The summed E-state index contributed by atoms with van der Waals surface area (Å²) in [6.45, 7) is 7.62. The van der Waals surface area contributed by atoms with Gasteiger partial charge in [0, 0.05) is 44.3 Å². The van der Waals surface area contributed by atoms with Gasteiger partial charge in [0.05, 0.1) is 36.8 Å². The van der Waals surface area contributed by atoms with Gasteiger partial charge >= 0.3 is 6.18 Å². The fourth-order valence-corrected chi connectivity index (χ4v) is 5.21. The molecule has 2 amide bonds. The van der Waals surface area contributed by atoms with Gasteiger partial charge in [0.15, 0.2) is 0 Å². The van der Waals surface area contributed by atoms with E-state index in [-0.39, 0.29) is 42.5 Å². The number of nitrogens with one attached hydrogen (secondary N) is 1. The third kappa shape index (κ3) is 11.4. The number of alkyl halides is 3. The number of aliphatic hydroxyl groups is 1. The molecule has 0 aromatic heterocycles. The number of rotatable bonds is 9. The van der Waals surface area contributed by atoms with Crippen molar-refractivity contribution < 1.29 is 37.3 Å². The number of hydrogen-bond acceptors (Lipinski definition) is 6. The maximum atomic E-state index is 14.1. The van der Waals surface area contributed by atoms with Crippen molar-refractivity contribution in [2.75, 3.05) is 38.7 Å². The summed E-state index contributed by atoms with van der Waals surface area (Å²) in [7, 11) is 2.04. The fourth-order valence-electron chi connectivity index (χ4n) is 5.21. The van der Waals surface area contributed by atoms with Crippen LogP contribution < -0.4 is 10.1 Å². The van der Waals surface area contributed by atoms with Crippen molar-refractivity contribution >= 4 is 17.5 Å². The zero-order valence-corrected chi connectivity index (χ0v) is 26.1. The molecule has 244 valence electrons. The number of hydrogen-bond donors (Lipinski definition) is 2. The number of benzene rings is 2. The molecule has 44 heavy (non-hydrogen) atoms. The van der Waals surface area contributed by atoms with Crippen molar-refractivity contribution in [1.82, 2.24) is 9.80 Å². The van der Waals surface area contributed by atoms with Crippen LogP contribution in [0.3, 0.4) is 0 Å². The van der Waals surface area contributed by atoms with Gasteiger partial charge < -0.3 is 24.8 Å². The molecular weight excluding hydrogens is 575 g/mol. The minimum atomic E-state index is -4.45. The number of aliphatic hydroxyl groups excluding tert-OH is 1. The smallest absolute Gasteiger partial charge is 0.389 e. The number of anilines is 1. The SMILES string of the molecule is C[C@H]1CCCCO[C@@H](CN(C)Cc2ccccc2)[C@@H](C)CN([C@@H](C)CO)C(=O)c2cc(NC(=O)CCC(F)(F)F)ccc2O1. The van der Waals surface area contributed by atoms with Crippen LogP contribution in [-0.2, 0) is 16.1 Å². The van der Waals surface area contributed by atoms with E-state index < -0.39 is 36.9 Å². The predicted octanol–water partition coefficient (Wildman–Crippen LogP) is 5.90. The Morgan fingerprint density at radius 2 is 1.89 bits per heavy atom. The van der Waals surface area contributed by atoms with Crippen molar-refractivity contribution in [3.05, 3.63) is 59.7 Å². The molecular formula is C33H46F3N3O5. The molecule has 0 radical (unpaired) electrons. The molecule has 8 nitrogen and oxygen atoms in total. The Morgan fingerprint density at radius 3 is 2.57 bits per heavy atom. The Morgan fingerprint density at radius 1 is 1.16 bits per heavy atom. The first kappa shape index (κ1) is 35.3. The van der Waals surface area contributed by atoms with Crippen LogP contribution in [0, 0.1) is 5.92 Å². The van der Waals surface area contributed by atoms with Crippen molar-refractivity contribution in [2.45, 2.75) is 83.8 Å². The summed E-state index contributed by atoms with van der Waals surface area (Å²) in [4.78, 5) is 30.2. The maximum Gasteiger partial charge on any atom is 0.389 e. The second kappa shape index (κ2) is 16.8. The second-order valence-corrected chi connectivity index (χ2v) is 11.9. The van der Waals surface area contributed by atoms with E-state index in [1.807, 2.05) is 39.1 Å². The molecule has 0 fully saturated rings. The highest BCUT2D eigenvalue weighted by Crippen LogP contribution is 2.29. The van der Waals surface area contributed by atoms with Crippen LogP contribution in [0.2, 0.25) is 0 Å². The summed E-state index contributed by atoms with van der Waals surface area (Å²) in [5, 5.41) is 12.6. The van der Waals surface area contributed by atoms with Crippen LogP contribution >= 0.6 is 0 Å². The minimum absolute atomic E-state index is 0.109. The molecule has 0 unspecified atom stereocenters. The molecule has 0 bridgehead atoms. The largest absolute Gasteiger partial charge is 0.490 e. The Bertz CT molecular complexity index is 1200. The zero-order valence-electron chi connectivity index (χ0n) is 26.1. The molecule has 2 aromatic carbocycles. The van der Waals surface area contributed by atoms with Gasteiger partial charge in [-0.3, -0.25) is 14.5 Å². The van der Waals surface area contributed by atoms with Gasteiger partial charge in [-0.25, -0.2) is 0 Å². The normalized spacial score (nSPS) is 21.2. The molecule has 1 heterocycles. The lowest BCUT2D eigenvalue weighted by Gasteiger charge is -2.36. The summed E-state index contributed by atoms with van der Waals surface area (Å²) in [5.74, 6) is -1.02. The van der Waals surface area contributed by atoms with Crippen molar-refractivity contribution in [1.29, 1.82) is 0 Å². The first-order chi connectivity index (χ1) is 20.9. The summed E-state index contributed by atoms with van der Waals surface area (Å²) >= 11 is 0. The van der Waals surface area contributed by atoms with E-state index in [4.69, 9.17) is 9.47 Å². The van der Waals surface area contributed by atoms with Crippen molar-refractivity contribution in [2.24, 2.45) is 5.92 Å². The van der Waals surface area contributed by atoms with Crippen LogP contribution in [0.1, 0.15) is 68.8 Å². The molecule has 0 saturated carbocycles. The lowest BCUT2D eigenvalue weighted by molar-refractivity contribution is -0.142. The van der Waals surface area contributed by atoms with Gasteiger partial charge in [-0.15, -0.1) is 0 Å². The standard InChI is InChI=1S/C33H46F3N3O5/c1-23-19-39(24(2)22-40)32(42)28-18-27(37-31(41)15-16-33(34,35)36)13-14-29(28)44-25(3)10-8-9-17-43-30(23)21-38(4)20-26-11-6-5-7-12-26/h5-7,11-14,18,23-25,30,40H,8-10,15-17,19-22H2,1-4H3,(H,37,41)/t23-,24-,25-,30-/m0/s1. The van der Waals surface area contributed by atoms with Crippen LogP contribution in [0.25, 0.3) is 0 Å². The molecule has 2 N–H and O–H groups in total. The van der Waals surface area contributed by atoms with Crippen LogP contribution in [0.5, 0.6) is 5.75 Å². The number of likely N-dealkylation sites (N-methyl/N-ethyl adjacent to an activating group) is 1. The van der Waals surface area contributed by atoms with Gasteiger partial charge in [0.1, 0.15) is 5.75 Å². The fraction of sp³-hybridized carbons (Fsp3) is 0.576. The number of amides is 2. The van der Waals surface area contributed by atoms with Crippen LogP contribution in [0.15, 0.2) is 48.5 Å². The van der Waals surface area contributed by atoms with Crippen molar-refractivity contribution in [3.63, 3.8) is 0 Å². The lowest BCUT2D eigenvalue weighted by atomic mass is 10.0. The van der Waals surface area contributed by atoms with Gasteiger partial charge in [0.2, 0.25) is 5.91 Å². The van der Waals surface area contributed by atoms with E-state index in [1.165, 1.54) is 17.7 Å². The molecule has 1 aliphatic rings. The van der Waals surface area contributed by atoms with Gasteiger partial charge in [-0.05, 0) is 63.9 Å². The highest BCUT2D eigenvalue weighted by Gasteiger charge is 2.31. The van der Waals surface area contributed by atoms with Crippen LogP contribution in [-0.4, -0.2) is 84.5 Å². The highest BCUT2D eigenvalue weighted by molar-refractivity contribution is 5.99. The lowest BCUT2D eigenvalue weighted by Crippen LogP contribution is -2.47. The molecule has 11 heteroatoms. The van der Waals surface area contributed by atoms with E-state index in [0.29, 0.717) is 18.9 Å². The second-order valence-electron chi connectivity index (χ2n) is 11.9. The average Bonchev–Trinajstić information content (AvgIpc) is 2.97. The summed E-state index contributed by atoms with van der Waals surface area (Å²) in [6, 6.07) is 14.1. The first-order valence-electron chi connectivity index (χ1n) is 15.3. The van der Waals surface area contributed by atoms with E-state index >= 15 is 0 Å². The number of ether oxygens (including phenoxy) is 2.